The van der Waals surface area contributed by atoms with Crippen molar-refractivity contribution in [3.63, 3.8) is 0 Å². The molecule has 1 saturated heterocycles. The van der Waals surface area contributed by atoms with E-state index < -0.39 is 0 Å². The summed E-state index contributed by atoms with van der Waals surface area (Å²) in [5.74, 6) is 0.0233. The van der Waals surface area contributed by atoms with Gasteiger partial charge in [-0.2, -0.15) is 0 Å². The topological polar surface area (TPSA) is 41.6 Å². The number of hydrogen-bond donors (Lipinski definition) is 1. The second-order valence-electron chi connectivity index (χ2n) is 7.02. The Bertz CT molecular complexity index is 715. The third kappa shape index (κ3) is 4.51. The van der Waals surface area contributed by atoms with Crippen LogP contribution in [0.4, 0.5) is 5.69 Å². The minimum absolute atomic E-state index is 0.000891. The maximum Gasteiger partial charge on any atom is 0.241 e. The smallest absolute Gasteiger partial charge is 0.241 e. The van der Waals surface area contributed by atoms with Gasteiger partial charge in [0.05, 0.1) is 18.2 Å². The lowest BCUT2D eigenvalue weighted by atomic mass is 10.0. The zero-order valence-corrected chi connectivity index (χ0v) is 15.8. The number of amides is 1. The molecular formula is C22H28N2O2. The van der Waals surface area contributed by atoms with Crippen molar-refractivity contribution >= 4 is 11.6 Å². The van der Waals surface area contributed by atoms with Crippen LogP contribution in [0.2, 0.25) is 0 Å². The average molecular weight is 352 g/mol. The quantitative estimate of drug-likeness (QED) is 0.883. The summed E-state index contributed by atoms with van der Waals surface area (Å²) in [4.78, 5) is 14.9. The van der Waals surface area contributed by atoms with Crippen molar-refractivity contribution in [3.05, 3.63) is 65.7 Å². The van der Waals surface area contributed by atoms with Crippen molar-refractivity contribution in [2.75, 3.05) is 18.4 Å². The van der Waals surface area contributed by atoms with Gasteiger partial charge in [0.1, 0.15) is 0 Å². The van der Waals surface area contributed by atoms with Crippen LogP contribution in [-0.2, 0) is 16.0 Å². The van der Waals surface area contributed by atoms with Gasteiger partial charge in [-0.3, -0.25) is 9.69 Å². The molecule has 1 aliphatic heterocycles. The maximum absolute atomic E-state index is 12.7. The Kier molecular flexibility index (Phi) is 6.07. The van der Waals surface area contributed by atoms with E-state index in [4.69, 9.17) is 4.74 Å². The van der Waals surface area contributed by atoms with Crippen molar-refractivity contribution in [2.45, 2.75) is 45.4 Å². The van der Waals surface area contributed by atoms with Crippen molar-refractivity contribution in [3.8, 4) is 0 Å². The predicted octanol–water partition coefficient (Wildman–Crippen LogP) is 4.04. The molecule has 2 aromatic rings. The Morgan fingerprint density at radius 1 is 1.15 bits per heavy atom. The highest BCUT2D eigenvalue weighted by atomic mass is 16.5. The van der Waals surface area contributed by atoms with E-state index in [1.54, 1.807) is 0 Å². The van der Waals surface area contributed by atoms with Gasteiger partial charge in [0, 0.05) is 18.8 Å². The number of carbonyl (C=O) groups is 1. The standard InChI is InChI=1S/C22H28N2O2/c1-4-18-10-12-20(13-11-18)23-22(25)17(3)24-14-16(2)26-21(15-24)19-8-6-5-7-9-19/h5-13,16-17,21H,4,14-15H2,1-3H3,(H,23,25). The number of nitrogens with zero attached hydrogens (tertiary/aromatic N) is 1. The van der Waals surface area contributed by atoms with Crippen molar-refractivity contribution in [1.29, 1.82) is 0 Å². The third-order valence-electron chi connectivity index (χ3n) is 5.02. The molecule has 4 nitrogen and oxygen atoms in total. The zero-order chi connectivity index (χ0) is 18.5. The molecule has 1 amide bonds. The van der Waals surface area contributed by atoms with E-state index in [0.29, 0.717) is 0 Å². The first-order chi connectivity index (χ1) is 12.6. The summed E-state index contributed by atoms with van der Waals surface area (Å²) in [6.45, 7) is 7.63. The van der Waals surface area contributed by atoms with Crippen molar-refractivity contribution < 1.29 is 9.53 Å². The molecule has 3 unspecified atom stereocenters. The molecule has 1 heterocycles. The van der Waals surface area contributed by atoms with Gasteiger partial charge >= 0.3 is 0 Å². The number of hydrogen-bond acceptors (Lipinski definition) is 3. The van der Waals surface area contributed by atoms with E-state index in [9.17, 15) is 4.79 Å². The van der Waals surface area contributed by atoms with Gasteiger partial charge < -0.3 is 10.1 Å². The molecule has 0 saturated carbocycles. The molecule has 138 valence electrons. The summed E-state index contributed by atoms with van der Waals surface area (Å²) in [5.41, 5.74) is 3.27. The molecule has 3 rings (SSSR count). The van der Waals surface area contributed by atoms with Crippen LogP contribution in [0.25, 0.3) is 0 Å². The highest BCUT2D eigenvalue weighted by molar-refractivity contribution is 5.94. The van der Waals surface area contributed by atoms with E-state index >= 15 is 0 Å². The lowest BCUT2D eigenvalue weighted by Gasteiger charge is -2.39. The Morgan fingerprint density at radius 3 is 2.50 bits per heavy atom. The molecule has 2 aromatic carbocycles. The molecule has 0 aromatic heterocycles. The van der Waals surface area contributed by atoms with E-state index in [1.165, 1.54) is 5.56 Å². The van der Waals surface area contributed by atoms with E-state index in [0.717, 1.165) is 30.8 Å². The molecule has 0 radical (unpaired) electrons. The van der Waals surface area contributed by atoms with Crippen molar-refractivity contribution in [1.82, 2.24) is 4.90 Å². The summed E-state index contributed by atoms with van der Waals surface area (Å²) < 4.78 is 6.10. The number of carbonyl (C=O) groups excluding carboxylic acids is 1. The fraction of sp³-hybridized carbons (Fsp3) is 0.409. The fourth-order valence-corrected chi connectivity index (χ4v) is 3.39. The molecule has 4 heteroatoms. The van der Waals surface area contributed by atoms with Gasteiger partial charge in [-0.15, -0.1) is 0 Å². The number of ether oxygens (including phenoxy) is 1. The van der Waals surface area contributed by atoms with Crippen LogP contribution in [0.3, 0.4) is 0 Å². The molecular weight excluding hydrogens is 324 g/mol. The van der Waals surface area contributed by atoms with E-state index in [-0.39, 0.29) is 24.2 Å². The van der Waals surface area contributed by atoms with Gasteiger partial charge in [-0.1, -0.05) is 49.4 Å². The first kappa shape index (κ1) is 18.6. The maximum atomic E-state index is 12.7. The lowest BCUT2D eigenvalue weighted by Crippen LogP contribution is -2.51. The first-order valence-electron chi connectivity index (χ1n) is 9.41. The molecule has 0 aliphatic carbocycles. The second kappa shape index (κ2) is 8.47. The Hall–Kier alpha value is -2.17. The highest BCUT2D eigenvalue weighted by Crippen LogP contribution is 2.26. The zero-order valence-electron chi connectivity index (χ0n) is 15.8. The Morgan fingerprint density at radius 2 is 1.85 bits per heavy atom. The van der Waals surface area contributed by atoms with Crippen molar-refractivity contribution in [2.24, 2.45) is 0 Å². The van der Waals surface area contributed by atoms with Crippen LogP contribution in [-0.4, -0.2) is 36.0 Å². The van der Waals surface area contributed by atoms with Crippen LogP contribution in [0.5, 0.6) is 0 Å². The first-order valence-corrected chi connectivity index (χ1v) is 9.41. The molecule has 0 spiro atoms. The number of morpholine rings is 1. The molecule has 3 atom stereocenters. The SMILES string of the molecule is CCc1ccc(NC(=O)C(C)N2CC(C)OC(c3ccccc3)C2)cc1. The van der Waals surface area contributed by atoms with Crippen LogP contribution in [0.15, 0.2) is 54.6 Å². The third-order valence-corrected chi connectivity index (χ3v) is 5.02. The molecule has 1 fully saturated rings. The largest absolute Gasteiger partial charge is 0.368 e. The number of benzene rings is 2. The number of rotatable bonds is 5. The van der Waals surface area contributed by atoms with Crippen LogP contribution < -0.4 is 5.32 Å². The lowest BCUT2D eigenvalue weighted by molar-refractivity contribution is -0.128. The summed E-state index contributed by atoms with van der Waals surface area (Å²) in [5, 5.41) is 3.04. The molecule has 1 N–H and O–H groups in total. The summed E-state index contributed by atoms with van der Waals surface area (Å²) in [6, 6.07) is 18.1. The minimum atomic E-state index is -0.210. The Labute approximate surface area is 156 Å². The van der Waals surface area contributed by atoms with Gasteiger partial charge in [-0.25, -0.2) is 0 Å². The molecule has 0 bridgehead atoms. The van der Waals surface area contributed by atoms with Gasteiger partial charge in [0.15, 0.2) is 0 Å². The molecule has 1 aliphatic rings. The highest BCUT2D eigenvalue weighted by Gasteiger charge is 2.31. The normalized spacial score (nSPS) is 22.0. The average Bonchev–Trinajstić information content (AvgIpc) is 2.68. The van der Waals surface area contributed by atoms with Crippen LogP contribution >= 0.6 is 0 Å². The summed E-state index contributed by atoms with van der Waals surface area (Å²) >= 11 is 0. The minimum Gasteiger partial charge on any atom is -0.368 e. The monoisotopic (exact) mass is 352 g/mol. The second-order valence-corrected chi connectivity index (χ2v) is 7.02. The summed E-state index contributed by atoms with van der Waals surface area (Å²) in [6.07, 6.45) is 1.09. The number of anilines is 1. The predicted molar refractivity (Wildman–Crippen MR) is 105 cm³/mol. The van der Waals surface area contributed by atoms with Gasteiger partial charge in [-0.05, 0) is 43.5 Å². The fourth-order valence-electron chi connectivity index (χ4n) is 3.39. The van der Waals surface area contributed by atoms with E-state index in [2.05, 4.69) is 48.3 Å². The number of nitrogens with one attached hydrogen (secondary N) is 1. The number of aryl methyl sites for hydroxylation is 1. The van der Waals surface area contributed by atoms with Crippen LogP contribution in [0, 0.1) is 0 Å². The van der Waals surface area contributed by atoms with Gasteiger partial charge in [0.2, 0.25) is 5.91 Å². The Balaban J connectivity index is 1.65. The van der Waals surface area contributed by atoms with Crippen LogP contribution in [0.1, 0.15) is 38.0 Å². The molecule has 26 heavy (non-hydrogen) atoms. The summed E-state index contributed by atoms with van der Waals surface area (Å²) in [7, 11) is 0. The van der Waals surface area contributed by atoms with E-state index in [1.807, 2.05) is 37.3 Å². The van der Waals surface area contributed by atoms with Gasteiger partial charge in [0.25, 0.3) is 0 Å².